The summed E-state index contributed by atoms with van der Waals surface area (Å²) in [6.45, 7) is 3.12. The van der Waals surface area contributed by atoms with E-state index in [0.29, 0.717) is 18.7 Å². The number of benzene rings is 2. The monoisotopic (exact) mass is 488 g/mol. The van der Waals surface area contributed by atoms with Crippen molar-refractivity contribution in [1.82, 2.24) is 4.90 Å². The summed E-state index contributed by atoms with van der Waals surface area (Å²) in [4.78, 5) is 29.1. The average Bonchev–Trinajstić information content (AvgIpc) is 2.80. The average molecular weight is 487 g/mol. The molecule has 7 heteroatoms. The molecule has 2 aliphatic heterocycles. The number of nitrogens with zero attached hydrogens (tertiary/aromatic N) is 2. The Morgan fingerprint density at radius 1 is 1.26 bits per heavy atom. The summed E-state index contributed by atoms with van der Waals surface area (Å²) in [7, 11) is 1.79. The molecule has 0 saturated carbocycles. The summed E-state index contributed by atoms with van der Waals surface area (Å²) in [6, 6.07) is 15.9. The maximum atomic E-state index is 13.8. The van der Waals surface area contributed by atoms with E-state index < -0.39 is 4.44 Å². The Kier molecular flexibility index (Phi) is 6.65. The fourth-order valence-electron chi connectivity index (χ4n) is 4.20. The van der Waals surface area contributed by atoms with Crippen LogP contribution in [0, 0.1) is 0 Å². The predicted molar refractivity (Wildman–Crippen MR) is 121 cm³/mol. The molecular weight excluding hydrogens is 459 g/mol. The molecule has 4 rings (SSSR count). The zero-order valence-electron chi connectivity index (χ0n) is 18.0. The Labute approximate surface area is 189 Å². The van der Waals surface area contributed by atoms with Gasteiger partial charge in [-0.1, -0.05) is 0 Å². The van der Waals surface area contributed by atoms with Crippen molar-refractivity contribution in [3.63, 3.8) is 0 Å². The fraction of sp³-hybridized carbons (Fsp3) is 0.417. The summed E-state index contributed by atoms with van der Waals surface area (Å²) in [5, 5.41) is 0. The third-order valence-electron chi connectivity index (χ3n) is 5.85. The zero-order chi connectivity index (χ0) is 21.8. The molecule has 2 aromatic carbocycles. The van der Waals surface area contributed by atoms with Crippen molar-refractivity contribution in [2.24, 2.45) is 0 Å². The number of anilines is 1. The van der Waals surface area contributed by atoms with Crippen LogP contribution in [0.2, 0.25) is 0 Å². The van der Waals surface area contributed by atoms with E-state index >= 15 is 0 Å². The number of hydrogen-bond acceptors (Lipinski definition) is 4. The third kappa shape index (κ3) is 4.36. The number of hydrogen-bond donors (Lipinski definition) is 0. The first-order valence-electron chi connectivity index (χ1n) is 10.7. The molecule has 0 bridgehead atoms. The van der Waals surface area contributed by atoms with E-state index in [4.69, 9.17) is 9.47 Å². The molecule has 2 atom stereocenters. The van der Waals surface area contributed by atoms with Crippen LogP contribution in [0.4, 0.5) is 5.69 Å². The van der Waals surface area contributed by atoms with Crippen molar-refractivity contribution in [3.05, 3.63) is 54.1 Å². The molecule has 2 aliphatic rings. The molecule has 2 heterocycles. The molecule has 0 radical (unpaired) electrons. The summed E-state index contributed by atoms with van der Waals surface area (Å²) in [6.07, 6.45) is 4.11. The number of fused-ring (bicyclic) bond motifs is 1. The minimum absolute atomic E-state index is 0.0520. The maximum absolute atomic E-state index is 13.8. The summed E-state index contributed by atoms with van der Waals surface area (Å²) < 4.78 is 11.9. The zero-order valence-corrected chi connectivity index (χ0v) is 19.7. The molecule has 1 saturated heterocycles. The van der Waals surface area contributed by atoms with Gasteiger partial charge in [0.2, 0.25) is 0 Å². The van der Waals surface area contributed by atoms with Gasteiger partial charge in [-0.15, -0.1) is 0 Å². The Balaban J connectivity index is 1.67. The molecule has 0 N–H and O–H groups in total. The Morgan fingerprint density at radius 3 is 2.74 bits per heavy atom. The van der Waals surface area contributed by atoms with Crippen LogP contribution in [0.15, 0.2) is 48.5 Å². The Bertz CT molecular complexity index is 932. The van der Waals surface area contributed by atoms with Crippen LogP contribution < -0.4 is 14.1 Å². The van der Waals surface area contributed by atoms with Gasteiger partial charge in [-0.25, -0.2) is 0 Å². The van der Waals surface area contributed by atoms with Gasteiger partial charge >= 0.3 is 190 Å². The van der Waals surface area contributed by atoms with Gasteiger partial charge < -0.3 is 0 Å². The second kappa shape index (κ2) is 9.43. The molecule has 2 unspecified atom stereocenters. The van der Waals surface area contributed by atoms with Gasteiger partial charge in [0, 0.05) is 0 Å². The second-order valence-electron chi connectivity index (χ2n) is 7.84. The molecule has 0 aliphatic carbocycles. The van der Waals surface area contributed by atoms with Crippen LogP contribution in [0.1, 0.15) is 31.7 Å². The van der Waals surface area contributed by atoms with Crippen molar-refractivity contribution in [1.29, 1.82) is 0 Å². The molecule has 1 fully saturated rings. The van der Waals surface area contributed by atoms with Gasteiger partial charge in [0.1, 0.15) is 0 Å². The first-order valence-corrected chi connectivity index (χ1v) is 12.4. The molecule has 164 valence electrons. The van der Waals surface area contributed by atoms with Crippen LogP contribution in [-0.2, 0) is 20.7 Å². The number of rotatable bonds is 7. The molecule has 31 heavy (non-hydrogen) atoms. The quantitative estimate of drug-likeness (QED) is 0.445. The minimum atomic E-state index is -0.887. The van der Waals surface area contributed by atoms with Crippen molar-refractivity contribution in [2.45, 2.75) is 43.3 Å². The van der Waals surface area contributed by atoms with Gasteiger partial charge in [0.25, 0.3) is 0 Å². The van der Waals surface area contributed by atoms with Crippen molar-refractivity contribution in [3.8, 4) is 5.75 Å². The Morgan fingerprint density at radius 2 is 2.06 bits per heavy atom. The van der Waals surface area contributed by atoms with Crippen molar-refractivity contribution >= 4 is 37.4 Å². The van der Waals surface area contributed by atoms with E-state index in [-0.39, 0.29) is 27.2 Å². The molecule has 0 spiro atoms. The summed E-state index contributed by atoms with van der Waals surface area (Å²) in [5.74, 6) is 0.651. The molecule has 2 aromatic rings. The van der Waals surface area contributed by atoms with Gasteiger partial charge in [-0.05, 0) is 0 Å². The number of likely N-dealkylation sites (N-methyl/N-ethyl adjacent to an activating group) is 2. The normalized spacial score (nSPS) is 23.2. The van der Waals surface area contributed by atoms with Crippen molar-refractivity contribution < 1.29 is 19.1 Å². The fourth-order valence-corrected chi connectivity index (χ4v) is 7.19. The van der Waals surface area contributed by atoms with Gasteiger partial charge in [-0.2, -0.15) is 0 Å². The number of carbonyl (C=O) groups is 2. The van der Waals surface area contributed by atoms with Gasteiger partial charge in [0.05, 0.1) is 0 Å². The van der Waals surface area contributed by atoms with Gasteiger partial charge in [-0.3, -0.25) is 0 Å². The van der Waals surface area contributed by atoms with Gasteiger partial charge in [0.15, 0.2) is 0 Å². The van der Waals surface area contributed by atoms with Crippen LogP contribution >= 0.6 is 0 Å². The van der Waals surface area contributed by atoms with Crippen LogP contribution in [0.5, 0.6) is 5.75 Å². The molecule has 2 amide bonds. The summed E-state index contributed by atoms with van der Waals surface area (Å²) in [5.41, 5.74) is 1.87. The van der Waals surface area contributed by atoms with E-state index in [1.165, 1.54) is 0 Å². The van der Waals surface area contributed by atoms with Crippen LogP contribution in [0.3, 0.4) is 0 Å². The SMILES string of the molecule is CCN(C=O)C1([Se]c2ccccc2)Cc2ccc(OC3CCCCO3)cc2N(C)C1=O. The molecule has 0 aromatic heterocycles. The molecule has 6 nitrogen and oxygen atoms in total. The first kappa shape index (κ1) is 21.9. The van der Waals surface area contributed by atoms with E-state index in [2.05, 4.69) is 0 Å². The number of carbonyl (C=O) groups excluding carboxylic acids is 2. The number of amides is 2. The second-order valence-corrected chi connectivity index (χ2v) is 10.7. The van der Waals surface area contributed by atoms with E-state index in [1.807, 2.05) is 55.5 Å². The van der Waals surface area contributed by atoms with Crippen molar-refractivity contribution in [2.75, 3.05) is 25.1 Å². The third-order valence-corrected chi connectivity index (χ3v) is 8.79. The molecular formula is C24H28N2O4Se. The number of ether oxygens (including phenoxy) is 2. The first-order chi connectivity index (χ1) is 15.1. The summed E-state index contributed by atoms with van der Waals surface area (Å²) >= 11 is -0.251. The van der Waals surface area contributed by atoms with Crippen LogP contribution in [0.25, 0.3) is 0 Å². The van der Waals surface area contributed by atoms with E-state index in [0.717, 1.165) is 48.0 Å². The predicted octanol–water partition coefficient (Wildman–Crippen LogP) is 2.32. The standard InChI is InChI=1S/C24H28N2O4Se/c1-3-26(17-27)24(31-20-9-5-4-6-10-20)16-18-12-13-19(15-21(18)25(2)23(24)28)30-22-11-7-8-14-29-22/h4-6,9-10,12-13,15,17,22H,3,7-8,11,14,16H2,1-2H3. The Hall–Kier alpha value is -2.34. The van der Waals surface area contributed by atoms with Crippen LogP contribution in [-0.4, -0.2) is 63.1 Å². The topological polar surface area (TPSA) is 59.1 Å². The van der Waals surface area contributed by atoms with E-state index in [1.54, 1.807) is 16.8 Å². The van der Waals surface area contributed by atoms with E-state index in [9.17, 15) is 9.59 Å².